The topological polar surface area (TPSA) is 12.0 Å². The molecule has 13 heavy (non-hydrogen) atoms. The second-order valence-electron chi connectivity index (χ2n) is 3.95. The molecule has 1 fully saturated rings. The van der Waals surface area contributed by atoms with E-state index in [-0.39, 0.29) is 0 Å². The molecule has 78 valence electrons. The van der Waals surface area contributed by atoms with Crippen molar-refractivity contribution in [2.24, 2.45) is 5.92 Å². The molecule has 0 saturated carbocycles. The Bertz CT molecular complexity index is 111. The second kappa shape index (κ2) is 7.69. The molecule has 0 amide bonds. The lowest BCUT2D eigenvalue weighted by atomic mass is 9.96. The highest BCUT2D eigenvalue weighted by atomic mass is 32.2. The third-order valence-electron chi connectivity index (χ3n) is 2.77. The fourth-order valence-electron chi connectivity index (χ4n) is 1.77. The Balaban J connectivity index is 1.86. The fourth-order valence-corrected chi connectivity index (χ4v) is 2.97. The first kappa shape index (κ1) is 11.4. The summed E-state index contributed by atoms with van der Waals surface area (Å²) in [6.45, 7) is 4.78. The highest BCUT2D eigenvalue weighted by molar-refractivity contribution is 7.99. The zero-order valence-corrected chi connectivity index (χ0v) is 9.67. The van der Waals surface area contributed by atoms with Crippen molar-refractivity contribution in [2.45, 2.75) is 39.0 Å². The third kappa shape index (κ3) is 5.58. The van der Waals surface area contributed by atoms with Crippen LogP contribution in [-0.2, 0) is 0 Å². The number of piperidine rings is 1. The molecule has 1 saturated heterocycles. The molecule has 0 aromatic rings. The van der Waals surface area contributed by atoms with E-state index in [0.29, 0.717) is 0 Å². The zero-order valence-electron chi connectivity index (χ0n) is 8.85. The van der Waals surface area contributed by atoms with Crippen molar-refractivity contribution >= 4 is 11.8 Å². The molecule has 0 radical (unpaired) electrons. The van der Waals surface area contributed by atoms with Crippen molar-refractivity contribution in [1.82, 2.24) is 5.32 Å². The second-order valence-corrected chi connectivity index (χ2v) is 5.17. The van der Waals surface area contributed by atoms with Crippen LogP contribution in [0.1, 0.15) is 39.0 Å². The van der Waals surface area contributed by atoms with Crippen LogP contribution in [0.5, 0.6) is 0 Å². The van der Waals surface area contributed by atoms with Gasteiger partial charge in [0.2, 0.25) is 0 Å². The number of unbranched alkanes of at least 4 members (excludes halogenated alkanes) is 1. The van der Waals surface area contributed by atoms with E-state index in [2.05, 4.69) is 24.0 Å². The van der Waals surface area contributed by atoms with Crippen LogP contribution in [0.25, 0.3) is 0 Å². The molecule has 1 nitrogen and oxygen atoms in total. The average Bonchev–Trinajstić information content (AvgIpc) is 2.19. The van der Waals surface area contributed by atoms with E-state index in [4.69, 9.17) is 0 Å². The molecule has 2 heteroatoms. The molecule has 1 N–H and O–H groups in total. The molecule has 0 unspecified atom stereocenters. The zero-order chi connectivity index (χ0) is 9.36. The van der Waals surface area contributed by atoms with Gasteiger partial charge in [-0.25, -0.2) is 0 Å². The summed E-state index contributed by atoms with van der Waals surface area (Å²) in [7, 11) is 0. The lowest BCUT2D eigenvalue weighted by Gasteiger charge is -2.22. The normalized spacial score (nSPS) is 19.2. The van der Waals surface area contributed by atoms with Crippen LogP contribution in [-0.4, -0.2) is 24.6 Å². The SMILES string of the molecule is CCCCSCCC1CCNCC1. The van der Waals surface area contributed by atoms with Crippen molar-refractivity contribution < 1.29 is 0 Å². The molecule has 0 aliphatic carbocycles. The van der Waals surface area contributed by atoms with Gasteiger partial charge in [-0.2, -0.15) is 11.8 Å². The van der Waals surface area contributed by atoms with Gasteiger partial charge in [0.15, 0.2) is 0 Å². The first-order valence-corrected chi connectivity index (χ1v) is 6.87. The maximum Gasteiger partial charge on any atom is -0.00463 e. The Morgan fingerprint density at radius 3 is 2.69 bits per heavy atom. The van der Waals surface area contributed by atoms with E-state index in [9.17, 15) is 0 Å². The quantitative estimate of drug-likeness (QED) is 0.663. The van der Waals surface area contributed by atoms with Gasteiger partial charge in [-0.3, -0.25) is 0 Å². The van der Waals surface area contributed by atoms with Gasteiger partial charge in [0.1, 0.15) is 0 Å². The molecule has 1 rings (SSSR count). The first-order valence-electron chi connectivity index (χ1n) is 5.72. The molecule has 1 aliphatic heterocycles. The van der Waals surface area contributed by atoms with Gasteiger partial charge in [-0.1, -0.05) is 13.3 Å². The van der Waals surface area contributed by atoms with E-state index in [1.807, 2.05) is 0 Å². The molecule has 0 aromatic carbocycles. The van der Waals surface area contributed by atoms with Crippen LogP contribution < -0.4 is 5.32 Å². The largest absolute Gasteiger partial charge is 0.317 e. The van der Waals surface area contributed by atoms with E-state index < -0.39 is 0 Å². The standard InChI is InChI=1S/C11H23NS/c1-2-3-9-13-10-6-11-4-7-12-8-5-11/h11-12H,2-10H2,1H3. The number of nitrogens with one attached hydrogen (secondary N) is 1. The van der Waals surface area contributed by atoms with Gasteiger partial charge in [0.25, 0.3) is 0 Å². The molecule has 1 aliphatic rings. The third-order valence-corrected chi connectivity index (χ3v) is 3.87. The van der Waals surface area contributed by atoms with Crippen LogP contribution in [0, 0.1) is 5.92 Å². The monoisotopic (exact) mass is 201 g/mol. The summed E-state index contributed by atoms with van der Waals surface area (Å²) in [4.78, 5) is 0. The van der Waals surface area contributed by atoms with E-state index in [1.54, 1.807) is 0 Å². The smallest absolute Gasteiger partial charge is 0.00463 e. The molecule has 0 spiro atoms. The Labute approximate surface area is 87.1 Å². The van der Waals surface area contributed by atoms with Crippen LogP contribution in [0.3, 0.4) is 0 Å². The Morgan fingerprint density at radius 2 is 2.00 bits per heavy atom. The summed E-state index contributed by atoms with van der Waals surface area (Å²) in [5.41, 5.74) is 0. The van der Waals surface area contributed by atoms with Crippen molar-refractivity contribution in [3.8, 4) is 0 Å². The van der Waals surface area contributed by atoms with Gasteiger partial charge in [-0.15, -0.1) is 0 Å². The summed E-state index contributed by atoms with van der Waals surface area (Å²) in [5, 5.41) is 3.42. The molecule has 0 atom stereocenters. The van der Waals surface area contributed by atoms with Crippen LogP contribution in [0.4, 0.5) is 0 Å². The van der Waals surface area contributed by atoms with E-state index in [0.717, 1.165) is 5.92 Å². The summed E-state index contributed by atoms with van der Waals surface area (Å²) in [6, 6.07) is 0. The molecule has 1 heterocycles. The van der Waals surface area contributed by atoms with Gasteiger partial charge in [0, 0.05) is 0 Å². The molecule has 0 aromatic heterocycles. The minimum Gasteiger partial charge on any atom is -0.317 e. The lowest BCUT2D eigenvalue weighted by molar-refractivity contribution is 0.367. The predicted molar refractivity (Wildman–Crippen MR) is 62.4 cm³/mol. The van der Waals surface area contributed by atoms with E-state index in [1.165, 1.54) is 56.7 Å². The Hall–Kier alpha value is 0.310. The minimum absolute atomic E-state index is 1.02. The number of hydrogen-bond donors (Lipinski definition) is 1. The van der Waals surface area contributed by atoms with Crippen molar-refractivity contribution in [3.63, 3.8) is 0 Å². The molecule has 0 bridgehead atoms. The number of hydrogen-bond acceptors (Lipinski definition) is 2. The summed E-state index contributed by atoms with van der Waals surface area (Å²) in [6.07, 6.45) is 7.02. The van der Waals surface area contributed by atoms with E-state index >= 15 is 0 Å². The molecular weight excluding hydrogens is 178 g/mol. The Kier molecular flexibility index (Phi) is 6.73. The number of rotatable bonds is 6. The lowest BCUT2D eigenvalue weighted by Crippen LogP contribution is -2.27. The van der Waals surface area contributed by atoms with Gasteiger partial charge in [-0.05, 0) is 56.2 Å². The highest BCUT2D eigenvalue weighted by Crippen LogP contribution is 2.18. The predicted octanol–water partition coefficient (Wildman–Crippen LogP) is 2.91. The van der Waals surface area contributed by atoms with Crippen molar-refractivity contribution in [3.05, 3.63) is 0 Å². The molecular formula is C11H23NS. The number of thioether (sulfide) groups is 1. The highest BCUT2D eigenvalue weighted by Gasteiger charge is 2.11. The van der Waals surface area contributed by atoms with Gasteiger partial charge < -0.3 is 5.32 Å². The van der Waals surface area contributed by atoms with Crippen LogP contribution in [0.15, 0.2) is 0 Å². The summed E-state index contributed by atoms with van der Waals surface area (Å²) >= 11 is 2.15. The van der Waals surface area contributed by atoms with Crippen LogP contribution >= 0.6 is 11.8 Å². The summed E-state index contributed by atoms with van der Waals surface area (Å²) in [5.74, 6) is 3.79. The van der Waals surface area contributed by atoms with Gasteiger partial charge >= 0.3 is 0 Å². The average molecular weight is 201 g/mol. The van der Waals surface area contributed by atoms with Crippen molar-refractivity contribution in [2.75, 3.05) is 24.6 Å². The maximum atomic E-state index is 3.42. The minimum atomic E-state index is 1.02. The maximum absolute atomic E-state index is 3.42. The van der Waals surface area contributed by atoms with Crippen LogP contribution in [0.2, 0.25) is 0 Å². The Morgan fingerprint density at radius 1 is 1.23 bits per heavy atom. The first-order chi connectivity index (χ1) is 6.43. The van der Waals surface area contributed by atoms with Crippen molar-refractivity contribution in [1.29, 1.82) is 0 Å². The summed E-state index contributed by atoms with van der Waals surface area (Å²) < 4.78 is 0. The fraction of sp³-hybridized carbons (Fsp3) is 1.00. The van der Waals surface area contributed by atoms with Gasteiger partial charge in [0.05, 0.1) is 0 Å².